The van der Waals surface area contributed by atoms with Crippen molar-refractivity contribution in [3.8, 4) is 6.07 Å². The van der Waals surface area contributed by atoms with Crippen LogP contribution >= 0.6 is 0 Å². The Hall–Kier alpha value is -1.01. The molecule has 1 rings (SSSR count). The Kier molecular flexibility index (Phi) is 1.71. The zero-order chi connectivity index (χ0) is 6.69. The molecule has 0 aliphatic carbocycles. The van der Waals surface area contributed by atoms with Gasteiger partial charge < -0.3 is 10.4 Å². The zero-order valence-corrected chi connectivity index (χ0v) is 5.02. The number of rotatable bonds is 0. The summed E-state index contributed by atoms with van der Waals surface area (Å²) in [5, 5.41) is 20.3. The van der Waals surface area contributed by atoms with E-state index in [-0.39, 0.29) is 5.76 Å². The molecule has 2 N–H and O–H groups in total. The van der Waals surface area contributed by atoms with Crippen LogP contribution in [0, 0.1) is 11.3 Å². The Labute approximate surface area is 53.6 Å². The van der Waals surface area contributed by atoms with Crippen LogP contribution in [0.3, 0.4) is 0 Å². The monoisotopic (exact) mass is 124 g/mol. The lowest BCUT2D eigenvalue weighted by atomic mass is 10.1. The standard InChI is InChI=1S/C6H8N2O/c7-3-5-4-8-2-1-6(5)9/h8-9H,1-2,4H2. The van der Waals surface area contributed by atoms with E-state index in [4.69, 9.17) is 10.4 Å². The minimum atomic E-state index is 0.247. The van der Waals surface area contributed by atoms with Gasteiger partial charge in [-0.05, 0) is 0 Å². The third-order valence-electron chi connectivity index (χ3n) is 1.32. The molecule has 0 fully saturated rings. The Bertz CT molecular complexity index is 178. The van der Waals surface area contributed by atoms with Crippen molar-refractivity contribution in [2.45, 2.75) is 6.42 Å². The van der Waals surface area contributed by atoms with E-state index in [2.05, 4.69) is 5.32 Å². The van der Waals surface area contributed by atoms with Crippen LogP contribution in [0.25, 0.3) is 0 Å². The first kappa shape index (κ1) is 6.12. The van der Waals surface area contributed by atoms with Gasteiger partial charge in [0.25, 0.3) is 0 Å². The predicted molar refractivity (Wildman–Crippen MR) is 32.8 cm³/mol. The van der Waals surface area contributed by atoms with Gasteiger partial charge in [-0.1, -0.05) is 0 Å². The topological polar surface area (TPSA) is 56.0 Å². The van der Waals surface area contributed by atoms with E-state index >= 15 is 0 Å². The molecule has 0 bridgehead atoms. The fourth-order valence-corrected chi connectivity index (χ4v) is 0.777. The van der Waals surface area contributed by atoms with Crippen molar-refractivity contribution >= 4 is 0 Å². The summed E-state index contributed by atoms with van der Waals surface area (Å²) >= 11 is 0. The second-order valence-corrected chi connectivity index (χ2v) is 1.96. The van der Waals surface area contributed by atoms with Crippen LogP contribution in [0.4, 0.5) is 0 Å². The lowest BCUT2D eigenvalue weighted by Crippen LogP contribution is -2.24. The molecule has 3 nitrogen and oxygen atoms in total. The van der Waals surface area contributed by atoms with Gasteiger partial charge in [-0.2, -0.15) is 5.26 Å². The van der Waals surface area contributed by atoms with Gasteiger partial charge in [-0.25, -0.2) is 0 Å². The molecule has 0 spiro atoms. The molecule has 0 atom stereocenters. The van der Waals surface area contributed by atoms with Crippen molar-refractivity contribution in [2.75, 3.05) is 13.1 Å². The summed E-state index contributed by atoms with van der Waals surface area (Å²) in [6, 6.07) is 1.92. The van der Waals surface area contributed by atoms with Crippen LogP contribution in [0.5, 0.6) is 0 Å². The number of nitrogens with zero attached hydrogens (tertiary/aromatic N) is 1. The van der Waals surface area contributed by atoms with Crippen LogP contribution in [-0.2, 0) is 0 Å². The van der Waals surface area contributed by atoms with Crippen LogP contribution in [0.1, 0.15) is 6.42 Å². The van der Waals surface area contributed by atoms with E-state index in [0.29, 0.717) is 18.5 Å². The number of aliphatic hydroxyl groups is 1. The first-order valence-corrected chi connectivity index (χ1v) is 2.86. The minimum absolute atomic E-state index is 0.247. The maximum Gasteiger partial charge on any atom is 0.108 e. The molecule has 0 unspecified atom stereocenters. The van der Waals surface area contributed by atoms with E-state index in [1.807, 2.05) is 6.07 Å². The van der Waals surface area contributed by atoms with Crippen LogP contribution < -0.4 is 5.32 Å². The van der Waals surface area contributed by atoms with Crippen molar-refractivity contribution in [1.29, 1.82) is 5.26 Å². The van der Waals surface area contributed by atoms with Gasteiger partial charge in [0.05, 0.1) is 11.6 Å². The van der Waals surface area contributed by atoms with Crippen LogP contribution in [0.15, 0.2) is 11.3 Å². The van der Waals surface area contributed by atoms with Gasteiger partial charge >= 0.3 is 0 Å². The molecule has 3 heteroatoms. The van der Waals surface area contributed by atoms with E-state index in [9.17, 15) is 0 Å². The highest BCUT2D eigenvalue weighted by molar-refractivity contribution is 5.27. The molecule has 0 aromatic rings. The highest BCUT2D eigenvalue weighted by atomic mass is 16.3. The second-order valence-electron chi connectivity index (χ2n) is 1.96. The van der Waals surface area contributed by atoms with E-state index in [0.717, 1.165) is 6.54 Å². The third-order valence-corrected chi connectivity index (χ3v) is 1.32. The third kappa shape index (κ3) is 1.21. The highest BCUT2D eigenvalue weighted by Crippen LogP contribution is 2.06. The van der Waals surface area contributed by atoms with Gasteiger partial charge in [0.2, 0.25) is 0 Å². The summed E-state index contributed by atoms with van der Waals surface area (Å²) in [4.78, 5) is 0. The lowest BCUT2D eigenvalue weighted by molar-refractivity contribution is 0.367. The van der Waals surface area contributed by atoms with Gasteiger partial charge in [0.1, 0.15) is 5.76 Å². The summed E-state index contributed by atoms with van der Waals surface area (Å²) in [5.41, 5.74) is 0.473. The minimum Gasteiger partial charge on any atom is -0.511 e. The Morgan fingerprint density at radius 3 is 2.89 bits per heavy atom. The number of nitriles is 1. The van der Waals surface area contributed by atoms with Gasteiger partial charge in [0.15, 0.2) is 0 Å². The fraction of sp³-hybridized carbons (Fsp3) is 0.500. The van der Waals surface area contributed by atoms with Gasteiger partial charge in [-0.3, -0.25) is 0 Å². The van der Waals surface area contributed by atoms with E-state index < -0.39 is 0 Å². The number of hydrogen-bond donors (Lipinski definition) is 2. The maximum absolute atomic E-state index is 8.99. The first-order valence-electron chi connectivity index (χ1n) is 2.86. The quantitative estimate of drug-likeness (QED) is 0.488. The van der Waals surface area contributed by atoms with Crippen molar-refractivity contribution < 1.29 is 5.11 Å². The molecule has 9 heavy (non-hydrogen) atoms. The molecule has 0 saturated carbocycles. The summed E-state index contributed by atoms with van der Waals surface area (Å²) in [6.07, 6.45) is 0.586. The summed E-state index contributed by atoms with van der Waals surface area (Å²) in [7, 11) is 0. The summed E-state index contributed by atoms with van der Waals surface area (Å²) < 4.78 is 0. The molecule has 0 saturated heterocycles. The molecule has 0 radical (unpaired) electrons. The van der Waals surface area contributed by atoms with Crippen molar-refractivity contribution in [2.24, 2.45) is 0 Å². The van der Waals surface area contributed by atoms with Crippen molar-refractivity contribution in [1.82, 2.24) is 5.32 Å². The molecule has 1 aliphatic rings. The molecular formula is C6H8N2O. The molecule has 0 aromatic heterocycles. The highest BCUT2D eigenvalue weighted by Gasteiger charge is 2.08. The van der Waals surface area contributed by atoms with Crippen molar-refractivity contribution in [3.05, 3.63) is 11.3 Å². The lowest BCUT2D eigenvalue weighted by Gasteiger charge is -2.11. The molecule has 0 amide bonds. The summed E-state index contributed by atoms with van der Waals surface area (Å²) in [5.74, 6) is 0.247. The smallest absolute Gasteiger partial charge is 0.108 e. The van der Waals surface area contributed by atoms with Crippen molar-refractivity contribution in [3.63, 3.8) is 0 Å². The largest absolute Gasteiger partial charge is 0.511 e. The molecule has 1 heterocycles. The Morgan fingerprint density at radius 2 is 2.44 bits per heavy atom. The number of aliphatic hydroxyl groups excluding tert-OH is 1. The van der Waals surface area contributed by atoms with Crippen LogP contribution in [-0.4, -0.2) is 18.2 Å². The zero-order valence-electron chi connectivity index (χ0n) is 5.02. The average Bonchev–Trinajstić information content (AvgIpc) is 1.89. The molecular weight excluding hydrogens is 116 g/mol. The Morgan fingerprint density at radius 1 is 1.67 bits per heavy atom. The van der Waals surface area contributed by atoms with E-state index in [1.165, 1.54) is 0 Å². The van der Waals surface area contributed by atoms with E-state index in [1.54, 1.807) is 0 Å². The van der Waals surface area contributed by atoms with Crippen LogP contribution in [0.2, 0.25) is 0 Å². The predicted octanol–water partition coefficient (Wildman–Crippen LogP) is 0.315. The molecule has 1 aliphatic heterocycles. The molecule has 48 valence electrons. The SMILES string of the molecule is N#CC1=C(O)CCNC1. The first-order chi connectivity index (χ1) is 4.34. The fourth-order valence-electron chi connectivity index (χ4n) is 0.777. The maximum atomic E-state index is 8.99. The van der Waals surface area contributed by atoms with Gasteiger partial charge in [0, 0.05) is 19.5 Å². The molecule has 0 aromatic carbocycles. The number of nitrogens with one attached hydrogen (secondary N) is 1. The average molecular weight is 124 g/mol. The number of hydrogen-bond acceptors (Lipinski definition) is 3. The normalized spacial score (nSPS) is 19.4. The Balaban J connectivity index is 2.74. The summed E-state index contributed by atoms with van der Waals surface area (Å²) in [6.45, 7) is 1.29. The van der Waals surface area contributed by atoms with Gasteiger partial charge in [-0.15, -0.1) is 0 Å². The second kappa shape index (κ2) is 2.51.